The molecule has 0 bridgehead atoms. The lowest BCUT2D eigenvalue weighted by molar-refractivity contribution is -0.138. The molecule has 0 amide bonds. The van der Waals surface area contributed by atoms with E-state index >= 15 is 0 Å². The van der Waals surface area contributed by atoms with Gasteiger partial charge in [0.25, 0.3) is 0 Å². The van der Waals surface area contributed by atoms with E-state index in [2.05, 4.69) is 16.0 Å². The number of aromatic nitrogens is 1. The normalized spacial score (nSPS) is 19.1. The van der Waals surface area contributed by atoms with Gasteiger partial charge in [0, 0.05) is 38.6 Å². The summed E-state index contributed by atoms with van der Waals surface area (Å²) >= 11 is 0. The second-order valence-corrected chi connectivity index (χ2v) is 4.52. The topological polar surface area (TPSA) is 59.6 Å². The Kier molecular flexibility index (Phi) is 4.17. The summed E-state index contributed by atoms with van der Waals surface area (Å²) in [5.41, 5.74) is 1.29. The number of aromatic amines is 1. The zero-order chi connectivity index (χ0) is 12.1. The van der Waals surface area contributed by atoms with Gasteiger partial charge in [-0.3, -0.25) is 14.6 Å². The number of nitrogens with zero attached hydrogens (tertiary/aromatic N) is 2. The molecule has 1 saturated heterocycles. The molecule has 5 nitrogen and oxygen atoms in total. The van der Waals surface area contributed by atoms with Gasteiger partial charge in [-0.05, 0) is 24.6 Å². The highest BCUT2D eigenvalue weighted by Crippen LogP contribution is 2.08. The van der Waals surface area contributed by atoms with Crippen molar-refractivity contribution in [3.05, 3.63) is 24.0 Å². The van der Waals surface area contributed by atoms with Crippen LogP contribution in [0.5, 0.6) is 0 Å². The van der Waals surface area contributed by atoms with Crippen LogP contribution in [0.25, 0.3) is 0 Å². The summed E-state index contributed by atoms with van der Waals surface area (Å²) in [6.45, 7) is 4.83. The van der Waals surface area contributed by atoms with Gasteiger partial charge in [0.15, 0.2) is 0 Å². The van der Waals surface area contributed by atoms with Crippen LogP contribution in [0.15, 0.2) is 18.5 Å². The zero-order valence-electron chi connectivity index (χ0n) is 9.93. The molecular formula is C12H19N3O2. The van der Waals surface area contributed by atoms with Gasteiger partial charge in [0.05, 0.1) is 6.54 Å². The Balaban J connectivity index is 1.81. The summed E-state index contributed by atoms with van der Waals surface area (Å²) in [7, 11) is 0. The Hall–Kier alpha value is -1.33. The molecule has 0 saturated carbocycles. The maximum absolute atomic E-state index is 10.7. The van der Waals surface area contributed by atoms with Crippen molar-refractivity contribution in [3.8, 4) is 0 Å². The highest BCUT2D eigenvalue weighted by atomic mass is 16.4. The number of hydrogen-bond donors (Lipinski definition) is 2. The Bertz CT molecular complexity index is 351. The van der Waals surface area contributed by atoms with E-state index in [-0.39, 0.29) is 6.54 Å². The SMILES string of the molecule is O=C(O)CN1CCCN(Cc2cc[nH]c2)CC1. The lowest BCUT2D eigenvalue weighted by Crippen LogP contribution is -2.33. The van der Waals surface area contributed by atoms with Crippen molar-refractivity contribution in [1.29, 1.82) is 0 Å². The van der Waals surface area contributed by atoms with Crippen molar-refractivity contribution in [2.75, 3.05) is 32.7 Å². The molecule has 1 fully saturated rings. The van der Waals surface area contributed by atoms with Gasteiger partial charge in [-0.25, -0.2) is 0 Å². The maximum Gasteiger partial charge on any atom is 0.317 e. The van der Waals surface area contributed by atoms with E-state index in [1.807, 2.05) is 17.3 Å². The van der Waals surface area contributed by atoms with E-state index in [9.17, 15) is 4.79 Å². The molecule has 1 aromatic heterocycles. The molecule has 1 aliphatic rings. The second kappa shape index (κ2) is 5.84. The van der Waals surface area contributed by atoms with Gasteiger partial charge >= 0.3 is 5.97 Å². The van der Waals surface area contributed by atoms with Crippen LogP contribution in [-0.2, 0) is 11.3 Å². The number of carbonyl (C=O) groups is 1. The van der Waals surface area contributed by atoms with Gasteiger partial charge in [0.2, 0.25) is 0 Å². The smallest absolute Gasteiger partial charge is 0.317 e. The molecule has 0 radical (unpaired) electrons. The highest BCUT2D eigenvalue weighted by Gasteiger charge is 2.16. The summed E-state index contributed by atoms with van der Waals surface area (Å²) in [4.78, 5) is 18.1. The molecule has 2 heterocycles. The number of hydrogen-bond acceptors (Lipinski definition) is 3. The van der Waals surface area contributed by atoms with Crippen LogP contribution in [0.1, 0.15) is 12.0 Å². The fraction of sp³-hybridized carbons (Fsp3) is 0.583. The molecule has 0 unspecified atom stereocenters. The quantitative estimate of drug-likeness (QED) is 0.805. The van der Waals surface area contributed by atoms with Crippen LogP contribution in [0.4, 0.5) is 0 Å². The van der Waals surface area contributed by atoms with Crippen LogP contribution in [0, 0.1) is 0 Å². The van der Waals surface area contributed by atoms with Gasteiger partial charge in [-0.15, -0.1) is 0 Å². The Morgan fingerprint density at radius 2 is 2.06 bits per heavy atom. The zero-order valence-corrected chi connectivity index (χ0v) is 9.93. The molecule has 0 aromatic carbocycles. The fourth-order valence-corrected chi connectivity index (χ4v) is 2.25. The first-order chi connectivity index (χ1) is 8.24. The van der Waals surface area contributed by atoms with Crippen molar-refractivity contribution in [2.24, 2.45) is 0 Å². The first-order valence-corrected chi connectivity index (χ1v) is 6.02. The van der Waals surface area contributed by atoms with Crippen LogP contribution >= 0.6 is 0 Å². The Morgan fingerprint density at radius 3 is 2.76 bits per heavy atom. The average Bonchev–Trinajstić information content (AvgIpc) is 2.68. The van der Waals surface area contributed by atoms with Crippen LogP contribution in [-0.4, -0.2) is 58.6 Å². The van der Waals surface area contributed by atoms with Gasteiger partial charge in [0.1, 0.15) is 0 Å². The second-order valence-electron chi connectivity index (χ2n) is 4.52. The maximum atomic E-state index is 10.7. The molecule has 1 aliphatic heterocycles. The lowest BCUT2D eigenvalue weighted by Gasteiger charge is -2.20. The molecule has 0 spiro atoms. The van der Waals surface area contributed by atoms with Gasteiger partial charge in [-0.1, -0.05) is 0 Å². The van der Waals surface area contributed by atoms with Crippen LogP contribution < -0.4 is 0 Å². The van der Waals surface area contributed by atoms with E-state index in [0.717, 1.165) is 39.1 Å². The molecule has 2 rings (SSSR count). The molecular weight excluding hydrogens is 218 g/mol. The molecule has 2 N–H and O–H groups in total. The predicted octanol–water partition coefficient (Wildman–Crippen LogP) is 0.607. The van der Waals surface area contributed by atoms with E-state index in [4.69, 9.17) is 5.11 Å². The first-order valence-electron chi connectivity index (χ1n) is 6.02. The largest absolute Gasteiger partial charge is 0.480 e. The third-order valence-corrected chi connectivity index (χ3v) is 3.11. The standard InChI is InChI=1S/C12H19N3O2/c16-12(17)10-15-5-1-4-14(6-7-15)9-11-2-3-13-8-11/h2-3,8,13H,1,4-7,9-10H2,(H,16,17). The Labute approximate surface area is 101 Å². The van der Waals surface area contributed by atoms with Crippen LogP contribution in [0.2, 0.25) is 0 Å². The summed E-state index contributed by atoms with van der Waals surface area (Å²) in [5, 5.41) is 8.77. The molecule has 1 aromatic rings. The fourth-order valence-electron chi connectivity index (χ4n) is 2.25. The number of aliphatic carboxylic acids is 1. The van der Waals surface area contributed by atoms with Crippen LogP contribution in [0.3, 0.4) is 0 Å². The number of H-pyrrole nitrogens is 1. The number of rotatable bonds is 4. The number of nitrogens with one attached hydrogen (secondary N) is 1. The minimum atomic E-state index is -0.732. The predicted molar refractivity (Wildman–Crippen MR) is 64.8 cm³/mol. The molecule has 5 heteroatoms. The minimum absolute atomic E-state index is 0.165. The van der Waals surface area contributed by atoms with E-state index in [1.165, 1.54) is 5.56 Å². The highest BCUT2D eigenvalue weighted by molar-refractivity contribution is 5.69. The molecule has 0 aliphatic carbocycles. The van der Waals surface area contributed by atoms with Crippen molar-refractivity contribution in [2.45, 2.75) is 13.0 Å². The van der Waals surface area contributed by atoms with Crippen molar-refractivity contribution in [3.63, 3.8) is 0 Å². The van der Waals surface area contributed by atoms with E-state index in [0.29, 0.717) is 0 Å². The molecule has 0 atom stereocenters. The van der Waals surface area contributed by atoms with E-state index < -0.39 is 5.97 Å². The van der Waals surface area contributed by atoms with E-state index in [1.54, 1.807) is 0 Å². The summed E-state index contributed by atoms with van der Waals surface area (Å²) in [6.07, 6.45) is 4.99. The molecule has 17 heavy (non-hydrogen) atoms. The average molecular weight is 237 g/mol. The van der Waals surface area contributed by atoms with Crippen molar-refractivity contribution in [1.82, 2.24) is 14.8 Å². The Morgan fingerprint density at radius 1 is 1.29 bits per heavy atom. The summed E-state index contributed by atoms with van der Waals surface area (Å²) < 4.78 is 0. The summed E-state index contributed by atoms with van der Waals surface area (Å²) in [5.74, 6) is -0.732. The van der Waals surface area contributed by atoms with Gasteiger partial charge in [-0.2, -0.15) is 0 Å². The monoisotopic (exact) mass is 237 g/mol. The van der Waals surface area contributed by atoms with Crippen molar-refractivity contribution < 1.29 is 9.90 Å². The van der Waals surface area contributed by atoms with Gasteiger partial charge < -0.3 is 10.1 Å². The minimum Gasteiger partial charge on any atom is -0.480 e. The number of carboxylic acids is 1. The van der Waals surface area contributed by atoms with Crippen molar-refractivity contribution >= 4 is 5.97 Å². The molecule has 94 valence electrons. The number of carboxylic acid groups (broad SMARTS) is 1. The lowest BCUT2D eigenvalue weighted by atomic mass is 10.3. The summed E-state index contributed by atoms with van der Waals surface area (Å²) in [6, 6.07) is 2.08. The third-order valence-electron chi connectivity index (χ3n) is 3.11. The first kappa shape index (κ1) is 12.1. The third kappa shape index (κ3) is 3.87.